The highest BCUT2D eigenvalue weighted by molar-refractivity contribution is 5.86. The molecular weight excluding hydrogens is 222 g/mol. The standard InChI is InChI=1S/C11H19N3O3/c1-9-7-14(4-5-17-9)11(16)8-13-3-2-12-6-10(13)15/h9,12H,2-8H2,1H3. The number of carbonyl (C=O) groups excluding carboxylic acids is 2. The Kier molecular flexibility index (Phi) is 3.96. The molecule has 17 heavy (non-hydrogen) atoms. The predicted octanol–water partition coefficient (Wildman–Crippen LogP) is -1.33. The van der Waals surface area contributed by atoms with Gasteiger partial charge in [-0.05, 0) is 6.92 Å². The first-order valence-corrected chi connectivity index (χ1v) is 6.04. The molecule has 2 saturated heterocycles. The van der Waals surface area contributed by atoms with Gasteiger partial charge in [-0.25, -0.2) is 0 Å². The summed E-state index contributed by atoms with van der Waals surface area (Å²) >= 11 is 0. The van der Waals surface area contributed by atoms with Crippen molar-refractivity contribution in [2.24, 2.45) is 0 Å². The van der Waals surface area contributed by atoms with Crippen LogP contribution in [0.3, 0.4) is 0 Å². The second-order valence-electron chi connectivity index (χ2n) is 4.51. The van der Waals surface area contributed by atoms with Gasteiger partial charge in [-0.1, -0.05) is 0 Å². The minimum absolute atomic E-state index is 0.00547. The van der Waals surface area contributed by atoms with E-state index in [0.717, 1.165) is 6.54 Å². The lowest BCUT2D eigenvalue weighted by Crippen LogP contribution is -2.53. The molecule has 0 aromatic heterocycles. The predicted molar refractivity (Wildman–Crippen MR) is 61.4 cm³/mol. The maximum Gasteiger partial charge on any atom is 0.242 e. The Morgan fingerprint density at radius 2 is 2.35 bits per heavy atom. The van der Waals surface area contributed by atoms with Gasteiger partial charge in [0.2, 0.25) is 11.8 Å². The van der Waals surface area contributed by atoms with Crippen molar-refractivity contribution in [1.82, 2.24) is 15.1 Å². The van der Waals surface area contributed by atoms with Crippen molar-refractivity contribution in [2.45, 2.75) is 13.0 Å². The van der Waals surface area contributed by atoms with Crippen molar-refractivity contribution in [1.29, 1.82) is 0 Å². The number of piperazine rings is 1. The van der Waals surface area contributed by atoms with Crippen LogP contribution in [0.1, 0.15) is 6.92 Å². The first-order chi connectivity index (χ1) is 8.16. The molecule has 0 saturated carbocycles. The van der Waals surface area contributed by atoms with Crippen LogP contribution in [0.5, 0.6) is 0 Å². The van der Waals surface area contributed by atoms with E-state index >= 15 is 0 Å². The number of ether oxygens (including phenoxy) is 1. The number of carbonyl (C=O) groups is 2. The summed E-state index contributed by atoms with van der Waals surface area (Å²) in [5.74, 6) is 0.0290. The molecule has 2 aliphatic rings. The zero-order valence-corrected chi connectivity index (χ0v) is 10.1. The largest absolute Gasteiger partial charge is 0.375 e. The number of rotatable bonds is 2. The molecule has 0 aliphatic carbocycles. The van der Waals surface area contributed by atoms with E-state index in [9.17, 15) is 9.59 Å². The topological polar surface area (TPSA) is 61.9 Å². The van der Waals surface area contributed by atoms with E-state index in [1.54, 1.807) is 9.80 Å². The van der Waals surface area contributed by atoms with E-state index in [2.05, 4.69) is 5.32 Å². The maximum absolute atomic E-state index is 12.0. The Balaban J connectivity index is 1.85. The van der Waals surface area contributed by atoms with Gasteiger partial charge in [0.25, 0.3) is 0 Å². The lowest BCUT2D eigenvalue weighted by atomic mass is 10.2. The third-order valence-corrected chi connectivity index (χ3v) is 3.11. The van der Waals surface area contributed by atoms with Crippen LogP contribution >= 0.6 is 0 Å². The van der Waals surface area contributed by atoms with Gasteiger partial charge in [0.15, 0.2) is 0 Å². The summed E-state index contributed by atoms with van der Waals surface area (Å²) in [4.78, 5) is 27.0. The van der Waals surface area contributed by atoms with E-state index in [4.69, 9.17) is 4.74 Å². The second kappa shape index (κ2) is 5.46. The molecule has 0 radical (unpaired) electrons. The average Bonchev–Trinajstić information content (AvgIpc) is 2.32. The quantitative estimate of drug-likeness (QED) is 0.650. The molecule has 6 heteroatoms. The van der Waals surface area contributed by atoms with Crippen LogP contribution < -0.4 is 5.32 Å². The molecule has 96 valence electrons. The normalized spacial score (nSPS) is 26.2. The molecule has 0 spiro atoms. The van der Waals surface area contributed by atoms with Crippen molar-refractivity contribution in [3.8, 4) is 0 Å². The van der Waals surface area contributed by atoms with Crippen LogP contribution in [-0.4, -0.2) is 73.6 Å². The van der Waals surface area contributed by atoms with Gasteiger partial charge in [0.05, 0.1) is 25.8 Å². The van der Waals surface area contributed by atoms with Crippen LogP contribution in [0.15, 0.2) is 0 Å². The zero-order chi connectivity index (χ0) is 12.3. The average molecular weight is 241 g/mol. The summed E-state index contributed by atoms with van der Waals surface area (Å²) in [6.45, 7) is 5.71. The van der Waals surface area contributed by atoms with E-state index in [0.29, 0.717) is 32.8 Å². The SMILES string of the molecule is CC1CN(C(=O)CN2CCNCC2=O)CCO1. The van der Waals surface area contributed by atoms with E-state index in [-0.39, 0.29) is 24.5 Å². The zero-order valence-electron chi connectivity index (χ0n) is 10.1. The molecule has 6 nitrogen and oxygen atoms in total. The highest BCUT2D eigenvalue weighted by atomic mass is 16.5. The molecular formula is C11H19N3O3. The number of morpholine rings is 1. The summed E-state index contributed by atoms with van der Waals surface area (Å²) in [6, 6.07) is 0. The molecule has 1 unspecified atom stereocenters. The third kappa shape index (κ3) is 3.17. The van der Waals surface area contributed by atoms with Crippen LogP contribution in [0.25, 0.3) is 0 Å². The number of nitrogens with zero attached hydrogens (tertiary/aromatic N) is 2. The Morgan fingerprint density at radius 1 is 1.53 bits per heavy atom. The number of hydrogen-bond acceptors (Lipinski definition) is 4. The minimum atomic E-state index is 0.00547. The Hall–Kier alpha value is -1.14. The van der Waals surface area contributed by atoms with Gasteiger partial charge < -0.3 is 19.9 Å². The van der Waals surface area contributed by atoms with Crippen molar-refractivity contribution in [3.63, 3.8) is 0 Å². The fourth-order valence-corrected chi connectivity index (χ4v) is 2.12. The fraction of sp³-hybridized carbons (Fsp3) is 0.818. The summed E-state index contributed by atoms with van der Waals surface area (Å²) in [5.41, 5.74) is 0. The highest BCUT2D eigenvalue weighted by Crippen LogP contribution is 2.06. The Labute approximate surface area is 101 Å². The molecule has 2 heterocycles. The lowest BCUT2D eigenvalue weighted by molar-refractivity contribution is -0.145. The van der Waals surface area contributed by atoms with Gasteiger partial charge in [-0.3, -0.25) is 9.59 Å². The minimum Gasteiger partial charge on any atom is -0.375 e. The molecule has 2 rings (SSSR count). The monoisotopic (exact) mass is 241 g/mol. The van der Waals surface area contributed by atoms with Gasteiger partial charge in [0, 0.05) is 26.2 Å². The maximum atomic E-state index is 12.0. The summed E-state index contributed by atoms with van der Waals surface area (Å²) < 4.78 is 5.38. The highest BCUT2D eigenvalue weighted by Gasteiger charge is 2.25. The van der Waals surface area contributed by atoms with E-state index in [1.807, 2.05) is 6.92 Å². The lowest BCUT2D eigenvalue weighted by Gasteiger charge is -2.34. The summed E-state index contributed by atoms with van der Waals surface area (Å²) in [6.07, 6.45) is 0.0893. The van der Waals surface area contributed by atoms with Crippen LogP contribution in [0.2, 0.25) is 0 Å². The molecule has 2 aliphatic heterocycles. The van der Waals surface area contributed by atoms with Crippen molar-refractivity contribution in [2.75, 3.05) is 45.9 Å². The molecule has 2 fully saturated rings. The summed E-state index contributed by atoms with van der Waals surface area (Å²) in [5, 5.41) is 2.99. The molecule has 2 amide bonds. The van der Waals surface area contributed by atoms with Gasteiger partial charge in [-0.15, -0.1) is 0 Å². The number of nitrogens with one attached hydrogen (secondary N) is 1. The molecule has 0 aromatic rings. The molecule has 0 bridgehead atoms. The fourth-order valence-electron chi connectivity index (χ4n) is 2.12. The second-order valence-corrected chi connectivity index (χ2v) is 4.51. The van der Waals surface area contributed by atoms with Crippen molar-refractivity contribution in [3.05, 3.63) is 0 Å². The van der Waals surface area contributed by atoms with Crippen LogP contribution in [0, 0.1) is 0 Å². The molecule has 0 aromatic carbocycles. The third-order valence-electron chi connectivity index (χ3n) is 3.11. The van der Waals surface area contributed by atoms with E-state index < -0.39 is 0 Å². The molecule has 1 N–H and O–H groups in total. The first kappa shape index (κ1) is 12.3. The van der Waals surface area contributed by atoms with Crippen LogP contribution in [-0.2, 0) is 14.3 Å². The van der Waals surface area contributed by atoms with Gasteiger partial charge in [-0.2, -0.15) is 0 Å². The smallest absolute Gasteiger partial charge is 0.242 e. The first-order valence-electron chi connectivity index (χ1n) is 6.04. The van der Waals surface area contributed by atoms with E-state index in [1.165, 1.54) is 0 Å². The van der Waals surface area contributed by atoms with Gasteiger partial charge >= 0.3 is 0 Å². The van der Waals surface area contributed by atoms with Crippen molar-refractivity contribution >= 4 is 11.8 Å². The summed E-state index contributed by atoms with van der Waals surface area (Å²) in [7, 11) is 0. The van der Waals surface area contributed by atoms with Crippen LogP contribution in [0.4, 0.5) is 0 Å². The van der Waals surface area contributed by atoms with Gasteiger partial charge in [0.1, 0.15) is 0 Å². The van der Waals surface area contributed by atoms with Crippen molar-refractivity contribution < 1.29 is 14.3 Å². The number of hydrogen-bond donors (Lipinski definition) is 1. The molecule has 1 atom stereocenters. The Bertz CT molecular complexity index is 308. The number of amides is 2. The Morgan fingerprint density at radius 3 is 3.06 bits per heavy atom.